The largest absolute Gasteiger partial charge is 1.00 e. The maximum atomic E-state index is 11.2. The van der Waals surface area contributed by atoms with Gasteiger partial charge in [-0.1, -0.05) is 58.3 Å². The van der Waals surface area contributed by atoms with Crippen LogP contribution in [-0.2, 0) is 19.6 Å². The van der Waals surface area contributed by atoms with Crippen molar-refractivity contribution in [1.29, 1.82) is 0 Å². The van der Waals surface area contributed by atoms with Gasteiger partial charge in [-0.25, -0.2) is 0 Å². The molecule has 1 unspecified atom stereocenters. The van der Waals surface area contributed by atoms with Crippen LogP contribution in [0.5, 0.6) is 0 Å². The molecule has 0 heterocycles. The monoisotopic (exact) mass is 318 g/mol. The van der Waals surface area contributed by atoms with Gasteiger partial charge in [-0.3, -0.25) is 9.35 Å². The maximum absolute atomic E-state index is 11.2. The Morgan fingerprint density at radius 3 is 1.95 bits per heavy atom. The van der Waals surface area contributed by atoms with E-state index >= 15 is 0 Å². The first-order valence-electron chi connectivity index (χ1n) is 6.97. The second-order valence-corrected chi connectivity index (χ2v) is 6.39. The SMILES string of the molecule is CCCCCCCCCCC(C(=O)OC)S(=O)(=O)O.[H-].[Na+]. The van der Waals surface area contributed by atoms with Gasteiger partial charge >= 0.3 is 35.5 Å². The van der Waals surface area contributed by atoms with E-state index in [9.17, 15) is 13.2 Å². The first kappa shape index (κ1) is 22.7. The summed E-state index contributed by atoms with van der Waals surface area (Å²) in [5, 5.41) is -1.43. The van der Waals surface area contributed by atoms with Gasteiger partial charge < -0.3 is 6.16 Å². The molecule has 0 amide bonds. The van der Waals surface area contributed by atoms with Gasteiger partial charge in [-0.05, 0) is 6.42 Å². The van der Waals surface area contributed by atoms with Crippen LogP contribution in [0.1, 0.15) is 66.1 Å². The zero-order valence-electron chi connectivity index (χ0n) is 13.9. The van der Waals surface area contributed by atoms with Crippen molar-refractivity contribution in [2.45, 2.75) is 70.0 Å². The quantitative estimate of drug-likeness (QED) is 0.252. The van der Waals surface area contributed by atoms with Gasteiger partial charge in [0.15, 0.2) is 5.25 Å². The number of carbonyl (C=O) groups excluding carboxylic acids is 1. The molecular formula is C13H27NaO5S. The summed E-state index contributed by atoms with van der Waals surface area (Å²) < 4.78 is 35.4. The van der Waals surface area contributed by atoms with Crippen LogP contribution in [0.15, 0.2) is 0 Å². The van der Waals surface area contributed by atoms with Gasteiger partial charge in [-0.15, -0.1) is 0 Å². The molecule has 5 nitrogen and oxygen atoms in total. The predicted octanol–water partition coefficient (Wildman–Crippen LogP) is 0.0631. The molecule has 1 N–H and O–H groups in total. The molecule has 116 valence electrons. The van der Waals surface area contributed by atoms with E-state index in [0.717, 1.165) is 26.4 Å². The number of unbranched alkanes of at least 4 members (excludes halogenated alkanes) is 7. The number of methoxy groups -OCH3 is 1. The van der Waals surface area contributed by atoms with Crippen LogP contribution in [0.25, 0.3) is 0 Å². The molecule has 0 radical (unpaired) electrons. The van der Waals surface area contributed by atoms with E-state index in [-0.39, 0.29) is 37.4 Å². The van der Waals surface area contributed by atoms with Crippen molar-refractivity contribution >= 4 is 16.1 Å². The van der Waals surface area contributed by atoms with Crippen LogP contribution in [0, 0.1) is 0 Å². The smallest absolute Gasteiger partial charge is 1.00 e. The number of hydrogen-bond acceptors (Lipinski definition) is 4. The van der Waals surface area contributed by atoms with Gasteiger partial charge in [-0.2, -0.15) is 8.42 Å². The minimum atomic E-state index is -4.36. The molecule has 7 heteroatoms. The third-order valence-corrected chi connectivity index (χ3v) is 4.29. The number of hydrogen-bond donors (Lipinski definition) is 1. The average Bonchev–Trinajstić information content (AvgIpc) is 2.34. The molecular weight excluding hydrogens is 291 g/mol. The Bertz CT molecular complexity index is 348. The molecule has 0 saturated heterocycles. The zero-order chi connectivity index (χ0) is 14.7. The van der Waals surface area contributed by atoms with Crippen molar-refractivity contribution in [2.24, 2.45) is 0 Å². The fourth-order valence-corrected chi connectivity index (χ4v) is 2.79. The summed E-state index contributed by atoms with van der Waals surface area (Å²) in [6, 6.07) is 0. The summed E-state index contributed by atoms with van der Waals surface area (Å²) in [5.41, 5.74) is 0. The molecule has 0 spiro atoms. The van der Waals surface area contributed by atoms with Crippen LogP contribution in [-0.4, -0.2) is 31.3 Å². The maximum Gasteiger partial charge on any atom is 1.00 e. The van der Waals surface area contributed by atoms with Crippen molar-refractivity contribution in [3.63, 3.8) is 0 Å². The van der Waals surface area contributed by atoms with E-state index < -0.39 is 21.3 Å². The van der Waals surface area contributed by atoms with Crippen LogP contribution >= 0.6 is 0 Å². The van der Waals surface area contributed by atoms with Gasteiger partial charge in [0.25, 0.3) is 10.1 Å². The molecule has 0 fully saturated rings. The fraction of sp³-hybridized carbons (Fsp3) is 0.923. The van der Waals surface area contributed by atoms with Crippen molar-refractivity contribution in [1.82, 2.24) is 0 Å². The molecule has 0 aromatic carbocycles. The second kappa shape index (κ2) is 13.1. The molecule has 0 saturated carbocycles. The number of rotatable bonds is 11. The Labute approximate surface area is 146 Å². The van der Waals surface area contributed by atoms with Gasteiger partial charge in [0, 0.05) is 0 Å². The van der Waals surface area contributed by atoms with E-state index in [1.165, 1.54) is 25.7 Å². The molecule has 0 aromatic rings. The number of ether oxygens (including phenoxy) is 1. The third kappa shape index (κ3) is 11.1. The molecule has 0 aliphatic rings. The summed E-state index contributed by atoms with van der Waals surface area (Å²) in [7, 11) is -3.24. The zero-order valence-corrected chi connectivity index (χ0v) is 15.7. The normalized spacial score (nSPS) is 12.6. The molecule has 0 rings (SSSR count). The molecule has 20 heavy (non-hydrogen) atoms. The van der Waals surface area contributed by atoms with E-state index in [1.807, 2.05) is 0 Å². The first-order valence-corrected chi connectivity index (χ1v) is 8.48. The second-order valence-electron chi connectivity index (χ2n) is 4.79. The minimum absolute atomic E-state index is 0. The minimum Gasteiger partial charge on any atom is -1.00 e. The van der Waals surface area contributed by atoms with E-state index in [2.05, 4.69) is 11.7 Å². The summed E-state index contributed by atoms with van der Waals surface area (Å²) in [5.74, 6) is -0.884. The van der Waals surface area contributed by atoms with Crippen LogP contribution in [0.2, 0.25) is 0 Å². The average molecular weight is 318 g/mol. The van der Waals surface area contributed by atoms with Gasteiger partial charge in [0.2, 0.25) is 0 Å². The standard InChI is InChI=1S/C13H26O5S.Na.H/c1-3-4-5-6-7-8-9-10-11-12(13(14)18-2)19(15,16)17;;/h12H,3-11H2,1-2H3,(H,15,16,17);;/q;+1;-1. The van der Waals surface area contributed by atoms with Crippen molar-refractivity contribution in [2.75, 3.05) is 7.11 Å². The van der Waals surface area contributed by atoms with E-state index in [0.29, 0.717) is 6.42 Å². The topological polar surface area (TPSA) is 80.7 Å². The Morgan fingerprint density at radius 1 is 1.10 bits per heavy atom. The summed E-state index contributed by atoms with van der Waals surface area (Å²) in [4.78, 5) is 11.2. The van der Waals surface area contributed by atoms with Crippen LogP contribution in [0.4, 0.5) is 0 Å². The molecule has 0 aromatic heterocycles. The van der Waals surface area contributed by atoms with E-state index in [4.69, 9.17) is 4.55 Å². The summed E-state index contributed by atoms with van der Waals surface area (Å²) in [6.07, 6.45) is 8.68. The summed E-state index contributed by atoms with van der Waals surface area (Å²) in [6.45, 7) is 2.17. The van der Waals surface area contributed by atoms with Gasteiger partial charge in [0.1, 0.15) is 0 Å². The summed E-state index contributed by atoms with van der Waals surface area (Å²) >= 11 is 0. The van der Waals surface area contributed by atoms with Crippen molar-refractivity contribution < 1.29 is 53.5 Å². The fourth-order valence-electron chi connectivity index (χ4n) is 1.98. The van der Waals surface area contributed by atoms with E-state index in [1.54, 1.807) is 0 Å². The third-order valence-electron chi connectivity index (χ3n) is 3.14. The van der Waals surface area contributed by atoms with Gasteiger partial charge in [0.05, 0.1) is 7.11 Å². The Kier molecular flexibility index (Phi) is 14.8. The Balaban J connectivity index is -0.00000162. The number of esters is 1. The van der Waals surface area contributed by atoms with Crippen molar-refractivity contribution in [3.05, 3.63) is 0 Å². The van der Waals surface area contributed by atoms with Crippen LogP contribution in [0.3, 0.4) is 0 Å². The van der Waals surface area contributed by atoms with Crippen molar-refractivity contribution in [3.8, 4) is 0 Å². The molecule has 0 aliphatic heterocycles. The first-order chi connectivity index (χ1) is 8.93. The molecule has 0 bridgehead atoms. The Morgan fingerprint density at radius 2 is 1.55 bits per heavy atom. The molecule has 0 aliphatic carbocycles. The Hall–Kier alpha value is 0.380. The molecule has 1 atom stereocenters. The number of carbonyl (C=O) groups is 1. The van der Waals surface area contributed by atoms with Crippen LogP contribution < -0.4 is 29.6 Å². The predicted molar refractivity (Wildman–Crippen MR) is 75.7 cm³/mol.